The van der Waals surface area contributed by atoms with Crippen molar-refractivity contribution < 1.29 is 9.18 Å². The molecule has 0 atom stereocenters. The lowest BCUT2D eigenvalue weighted by Crippen LogP contribution is -2.29. The van der Waals surface area contributed by atoms with Crippen LogP contribution in [0, 0.1) is 12.7 Å². The van der Waals surface area contributed by atoms with E-state index < -0.39 is 0 Å². The van der Waals surface area contributed by atoms with Crippen LogP contribution in [0.15, 0.2) is 16.6 Å². The number of carbonyl (C=O) groups excluding carboxylic acids is 1. The van der Waals surface area contributed by atoms with Crippen molar-refractivity contribution in [3.05, 3.63) is 28.0 Å². The Bertz CT molecular complexity index is 410. The first kappa shape index (κ1) is 14.0. The maximum absolute atomic E-state index is 13.2. The summed E-state index contributed by atoms with van der Waals surface area (Å²) < 4.78 is 13.5. The largest absolute Gasteiger partial charge is 0.338 e. The average molecular weight is 303 g/mol. The van der Waals surface area contributed by atoms with Gasteiger partial charge in [-0.3, -0.25) is 0 Å². The molecular formula is C12H16BrFN2O. The van der Waals surface area contributed by atoms with Gasteiger partial charge in [0.15, 0.2) is 0 Å². The number of hydrogen-bond acceptors (Lipinski definition) is 1. The zero-order chi connectivity index (χ0) is 12.8. The van der Waals surface area contributed by atoms with Crippen molar-refractivity contribution in [3.63, 3.8) is 0 Å². The molecule has 0 aromatic heterocycles. The van der Waals surface area contributed by atoms with Crippen LogP contribution < -0.4 is 10.6 Å². The van der Waals surface area contributed by atoms with Gasteiger partial charge in [0, 0.05) is 12.2 Å². The highest BCUT2D eigenvalue weighted by Crippen LogP contribution is 2.24. The molecule has 94 valence electrons. The number of amides is 2. The Morgan fingerprint density at radius 3 is 2.82 bits per heavy atom. The molecule has 0 bridgehead atoms. The fraction of sp³-hybridized carbons (Fsp3) is 0.417. The van der Waals surface area contributed by atoms with E-state index in [2.05, 4.69) is 33.5 Å². The topological polar surface area (TPSA) is 41.1 Å². The second kappa shape index (κ2) is 6.59. The van der Waals surface area contributed by atoms with Gasteiger partial charge in [-0.1, -0.05) is 13.3 Å². The van der Waals surface area contributed by atoms with Crippen molar-refractivity contribution in [1.82, 2.24) is 5.32 Å². The molecule has 1 aromatic carbocycles. The van der Waals surface area contributed by atoms with E-state index in [1.54, 1.807) is 13.0 Å². The number of nitrogens with one attached hydrogen (secondary N) is 2. The zero-order valence-corrected chi connectivity index (χ0v) is 11.5. The molecule has 0 saturated carbocycles. The van der Waals surface area contributed by atoms with Crippen LogP contribution in [0.3, 0.4) is 0 Å². The van der Waals surface area contributed by atoms with Crippen LogP contribution >= 0.6 is 15.9 Å². The number of aryl methyl sites for hydroxylation is 1. The second-order valence-electron chi connectivity index (χ2n) is 3.82. The van der Waals surface area contributed by atoms with E-state index in [0.29, 0.717) is 22.3 Å². The molecule has 5 heteroatoms. The van der Waals surface area contributed by atoms with Gasteiger partial charge in [-0.25, -0.2) is 9.18 Å². The third-order valence-electron chi connectivity index (χ3n) is 2.33. The normalized spacial score (nSPS) is 10.1. The summed E-state index contributed by atoms with van der Waals surface area (Å²) in [6, 6.07) is 2.68. The third-order valence-corrected chi connectivity index (χ3v) is 2.94. The minimum atomic E-state index is -0.334. The quantitative estimate of drug-likeness (QED) is 0.816. The Balaban J connectivity index is 2.62. The Hall–Kier alpha value is -1.10. The summed E-state index contributed by atoms with van der Waals surface area (Å²) >= 11 is 3.09. The van der Waals surface area contributed by atoms with E-state index in [1.807, 2.05) is 0 Å². The predicted molar refractivity (Wildman–Crippen MR) is 70.8 cm³/mol. The summed E-state index contributed by atoms with van der Waals surface area (Å²) in [5.41, 5.74) is 1.30. The highest BCUT2D eigenvalue weighted by Gasteiger charge is 2.07. The second-order valence-corrected chi connectivity index (χ2v) is 4.67. The molecule has 1 rings (SSSR count). The van der Waals surface area contributed by atoms with Gasteiger partial charge < -0.3 is 10.6 Å². The molecule has 3 nitrogen and oxygen atoms in total. The highest BCUT2D eigenvalue weighted by atomic mass is 79.9. The van der Waals surface area contributed by atoms with Gasteiger partial charge in [-0.05, 0) is 47.0 Å². The SMILES string of the molecule is CCCCNC(=O)Nc1cc(Br)c(F)cc1C. The molecule has 0 spiro atoms. The first-order valence-corrected chi connectivity index (χ1v) is 6.34. The van der Waals surface area contributed by atoms with Crippen LogP contribution in [-0.2, 0) is 0 Å². The average Bonchev–Trinajstić information content (AvgIpc) is 2.26. The van der Waals surface area contributed by atoms with Crippen LogP contribution in [0.4, 0.5) is 14.9 Å². The van der Waals surface area contributed by atoms with E-state index >= 15 is 0 Å². The fourth-order valence-corrected chi connectivity index (χ4v) is 1.67. The van der Waals surface area contributed by atoms with Crippen molar-refractivity contribution in [2.24, 2.45) is 0 Å². The molecule has 0 aliphatic heterocycles. The molecule has 1 aromatic rings. The zero-order valence-electron chi connectivity index (χ0n) is 9.94. The molecule has 17 heavy (non-hydrogen) atoms. The number of anilines is 1. The Morgan fingerprint density at radius 2 is 2.18 bits per heavy atom. The van der Waals surface area contributed by atoms with Crippen LogP contribution in [0.1, 0.15) is 25.3 Å². The number of carbonyl (C=O) groups is 1. The Kier molecular flexibility index (Phi) is 5.41. The van der Waals surface area contributed by atoms with Crippen molar-refractivity contribution in [1.29, 1.82) is 0 Å². The van der Waals surface area contributed by atoms with Crippen molar-refractivity contribution >= 4 is 27.6 Å². The Labute approximate surface area is 109 Å². The molecule has 2 amide bonds. The first-order chi connectivity index (χ1) is 8.04. The molecule has 0 radical (unpaired) electrons. The van der Waals surface area contributed by atoms with E-state index in [0.717, 1.165) is 12.8 Å². The van der Waals surface area contributed by atoms with Gasteiger partial charge in [0.25, 0.3) is 0 Å². The molecular weight excluding hydrogens is 287 g/mol. The van der Waals surface area contributed by atoms with E-state index in [1.165, 1.54) is 6.07 Å². The van der Waals surface area contributed by atoms with Gasteiger partial charge in [-0.15, -0.1) is 0 Å². The standard InChI is InChI=1S/C12H16BrFN2O/c1-3-4-5-15-12(17)16-11-7-9(13)10(14)6-8(11)2/h6-7H,3-5H2,1-2H3,(H2,15,16,17). The summed E-state index contributed by atoms with van der Waals surface area (Å²) in [5, 5.41) is 5.42. The van der Waals surface area contributed by atoms with Crippen LogP contribution in [0.2, 0.25) is 0 Å². The van der Waals surface area contributed by atoms with Crippen molar-refractivity contribution in [3.8, 4) is 0 Å². The molecule has 0 fully saturated rings. The summed E-state index contributed by atoms with van der Waals surface area (Å²) in [7, 11) is 0. The highest BCUT2D eigenvalue weighted by molar-refractivity contribution is 9.10. The lowest BCUT2D eigenvalue weighted by atomic mass is 10.2. The first-order valence-electron chi connectivity index (χ1n) is 5.55. The molecule has 0 saturated heterocycles. The number of benzene rings is 1. The summed E-state index contributed by atoms with van der Waals surface area (Å²) in [4.78, 5) is 11.5. The van der Waals surface area contributed by atoms with Gasteiger partial charge >= 0.3 is 6.03 Å². The molecule has 0 aliphatic rings. The van der Waals surface area contributed by atoms with E-state index in [9.17, 15) is 9.18 Å². The maximum Gasteiger partial charge on any atom is 0.319 e. The van der Waals surface area contributed by atoms with Gasteiger partial charge in [0.1, 0.15) is 5.82 Å². The monoisotopic (exact) mass is 302 g/mol. The predicted octanol–water partition coefficient (Wildman–Crippen LogP) is 3.82. The number of hydrogen-bond donors (Lipinski definition) is 2. The van der Waals surface area contributed by atoms with Crippen LogP contribution in [0.25, 0.3) is 0 Å². The van der Waals surface area contributed by atoms with E-state index in [-0.39, 0.29) is 11.8 Å². The maximum atomic E-state index is 13.2. The van der Waals surface area contributed by atoms with Gasteiger partial charge in [0.05, 0.1) is 4.47 Å². The molecule has 2 N–H and O–H groups in total. The molecule has 0 unspecified atom stereocenters. The lowest BCUT2D eigenvalue weighted by Gasteiger charge is -2.10. The smallest absolute Gasteiger partial charge is 0.319 e. The van der Waals surface area contributed by atoms with Crippen molar-refractivity contribution in [2.75, 3.05) is 11.9 Å². The van der Waals surface area contributed by atoms with Crippen molar-refractivity contribution in [2.45, 2.75) is 26.7 Å². The lowest BCUT2D eigenvalue weighted by molar-refractivity contribution is 0.252. The third kappa shape index (κ3) is 4.34. The van der Waals surface area contributed by atoms with Gasteiger partial charge in [-0.2, -0.15) is 0 Å². The number of urea groups is 1. The van der Waals surface area contributed by atoms with Crippen LogP contribution in [0.5, 0.6) is 0 Å². The summed E-state index contributed by atoms with van der Waals surface area (Å²) in [6.45, 7) is 4.45. The minimum absolute atomic E-state index is 0.264. The van der Waals surface area contributed by atoms with Gasteiger partial charge in [0.2, 0.25) is 0 Å². The van der Waals surface area contributed by atoms with Crippen LogP contribution in [-0.4, -0.2) is 12.6 Å². The van der Waals surface area contributed by atoms with E-state index in [4.69, 9.17) is 0 Å². The molecule has 0 aliphatic carbocycles. The minimum Gasteiger partial charge on any atom is -0.338 e. The summed E-state index contributed by atoms with van der Waals surface area (Å²) in [5.74, 6) is -0.334. The Morgan fingerprint density at radius 1 is 1.47 bits per heavy atom. The molecule has 0 heterocycles. The number of halogens is 2. The number of rotatable bonds is 4. The fourth-order valence-electron chi connectivity index (χ4n) is 1.33. The number of unbranched alkanes of at least 4 members (excludes halogenated alkanes) is 1. The summed E-state index contributed by atoms with van der Waals surface area (Å²) in [6.07, 6.45) is 1.97.